The first kappa shape index (κ1) is 18.5. The third-order valence-corrected chi connectivity index (χ3v) is 5.57. The van der Waals surface area contributed by atoms with Crippen LogP contribution in [0.4, 0.5) is 4.79 Å². The highest BCUT2D eigenvalue weighted by molar-refractivity contribution is 6.30. The monoisotopic (exact) mass is 397 g/mol. The SMILES string of the molecule is O=C(CN1C(=O)N[C@@]2(CCCc3ccccc32)C1=O)NCc1cccc(Cl)c1. The van der Waals surface area contributed by atoms with E-state index in [1.54, 1.807) is 18.2 Å². The Kier molecular flexibility index (Phi) is 4.81. The van der Waals surface area contributed by atoms with Crippen LogP contribution in [0.3, 0.4) is 0 Å². The number of benzene rings is 2. The Balaban J connectivity index is 1.47. The lowest BCUT2D eigenvalue weighted by molar-refractivity contribution is -0.135. The summed E-state index contributed by atoms with van der Waals surface area (Å²) in [5.41, 5.74) is 1.69. The molecular formula is C21H20ClN3O3. The minimum Gasteiger partial charge on any atom is -0.350 e. The van der Waals surface area contributed by atoms with Crippen molar-refractivity contribution in [2.75, 3.05) is 6.54 Å². The Morgan fingerprint density at radius 3 is 2.82 bits per heavy atom. The third-order valence-electron chi connectivity index (χ3n) is 5.33. The molecule has 0 saturated carbocycles. The van der Waals surface area contributed by atoms with Gasteiger partial charge in [-0.3, -0.25) is 14.5 Å². The standard InChI is InChI=1S/C21H20ClN3O3/c22-16-8-3-5-14(11-16)12-23-18(26)13-25-19(27)21(24-20(25)28)10-4-7-15-6-1-2-9-17(15)21/h1-3,5-6,8-9,11H,4,7,10,12-13H2,(H,23,26)(H,24,28)/t21-/m1/s1. The summed E-state index contributed by atoms with van der Waals surface area (Å²) < 4.78 is 0. The second-order valence-electron chi connectivity index (χ2n) is 7.14. The molecule has 2 N–H and O–H groups in total. The maximum Gasteiger partial charge on any atom is 0.325 e. The van der Waals surface area contributed by atoms with Gasteiger partial charge in [0, 0.05) is 11.6 Å². The Bertz CT molecular complexity index is 961. The van der Waals surface area contributed by atoms with Crippen molar-refractivity contribution >= 4 is 29.4 Å². The third kappa shape index (κ3) is 3.24. The number of halogens is 1. The quantitative estimate of drug-likeness (QED) is 0.778. The van der Waals surface area contributed by atoms with Gasteiger partial charge in [0.25, 0.3) is 5.91 Å². The lowest BCUT2D eigenvalue weighted by Gasteiger charge is -2.33. The topological polar surface area (TPSA) is 78.5 Å². The predicted molar refractivity (Wildman–Crippen MR) is 105 cm³/mol. The Hall–Kier alpha value is -2.86. The van der Waals surface area contributed by atoms with E-state index in [2.05, 4.69) is 10.6 Å². The molecule has 1 aliphatic heterocycles. The van der Waals surface area contributed by atoms with Gasteiger partial charge in [-0.05, 0) is 48.1 Å². The van der Waals surface area contributed by atoms with Gasteiger partial charge in [-0.15, -0.1) is 0 Å². The van der Waals surface area contributed by atoms with Crippen LogP contribution >= 0.6 is 11.6 Å². The highest BCUT2D eigenvalue weighted by Gasteiger charge is 2.54. The molecule has 0 unspecified atom stereocenters. The molecule has 7 heteroatoms. The molecule has 2 aliphatic rings. The molecule has 1 aliphatic carbocycles. The van der Waals surface area contributed by atoms with Crippen LogP contribution in [0.15, 0.2) is 48.5 Å². The lowest BCUT2D eigenvalue weighted by Crippen LogP contribution is -2.47. The zero-order valence-electron chi connectivity index (χ0n) is 15.2. The molecule has 1 atom stereocenters. The normalized spacial score (nSPS) is 20.8. The molecule has 1 fully saturated rings. The van der Waals surface area contributed by atoms with E-state index in [4.69, 9.17) is 11.6 Å². The molecule has 1 spiro atoms. The van der Waals surface area contributed by atoms with Crippen molar-refractivity contribution < 1.29 is 14.4 Å². The fourth-order valence-electron chi connectivity index (χ4n) is 4.00. The molecule has 2 aromatic carbocycles. The van der Waals surface area contributed by atoms with Crippen LogP contribution in [0.2, 0.25) is 5.02 Å². The molecule has 144 valence electrons. The van der Waals surface area contributed by atoms with Gasteiger partial charge in [-0.2, -0.15) is 0 Å². The minimum absolute atomic E-state index is 0.275. The number of nitrogens with zero attached hydrogens (tertiary/aromatic N) is 1. The van der Waals surface area contributed by atoms with Crippen LogP contribution in [-0.4, -0.2) is 29.3 Å². The summed E-state index contributed by atoms with van der Waals surface area (Å²) in [4.78, 5) is 39.0. The van der Waals surface area contributed by atoms with Gasteiger partial charge in [0.05, 0.1) is 0 Å². The largest absolute Gasteiger partial charge is 0.350 e. The number of carbonyl (C=O) groups excluding carboxylic acids is 3. The number of urea groups is 1. The number of nitrogens with one attached hydrogen (secondary N) is 2. The molecule has 0 radical (unpaired) electrons. The highest BCUT2D eigenvalue weighted by atomic mass is 35.5. The number of imide groups is 1. The molecule has 6 nitrogen and oxygen atoms in total. The molecule has 0 bridgehead atoms. The average Bonchev–Trinajstić information content (AvgIpc) is 2.92. The van der Waals surface area contributed by atoms with E-state index in [9.17, 15) is 14.4 Å². The van der Waals surface area contributed by atoms with Crippen molar-refractivity contribution in [2.45, 2.75) is 31.3 Å². The first-order chi connectivity index (χ1) is 13.5. The van der Waals surface area contributed by atoms with Gasteiger partial charge in [-0.25, -0.2) is 4.79 Å². The zero-order valence-corrected chi connectivity index (χ0v) is 16.0. The van der Waals surface area contributed by atoms with Crippen LogP contribution in [0, 0.1) is 0 Å². The number of carbonyl (C=O) groups is 3. The summed E-state index contributed by atoms with van der Waals surface area (Å²) in [5, 5.41) is 6.17. The van der Waals surface area contributed by atoms with E-state index in [0.29, 0.717) is 11.4 Å². The number of amides is 4. The fraction of sp³-hybridized carbons (Fsp3) is 0.286. The summed E-state index contributed by atoms with van der Waals surface area (Å²) in [6, 6.07) is 14.3. The van der Waals surface area contributed by atoms with Gasteiger partial charge in [-0.1, -0.05) is 48.0 Å². The molecule has 28 heavy (non-hydrogen) atoms. The van der Waals surface area contributed by atoms with E-state index in [1.807, 2.05) is 30.3 Å². The minimum atomic E-state index is -1.06. The van der Waals surface area contributed by atoms with Crippen LogP contribution < -0.4 is 10.6 Å². The first-order valence-electron chi connectivity index (χ1n) is 9.23. The number of hydrogen-bond donors (Lipinski definition) is 2. The number of aryl methyl sites for hydroxylation is 1. The molecule has 2 aromatic rings. The van der Waals surface area contributed by atoms with Crippen molar-refractivity contribution in [2.24, 2.45) is 0 Å². The number of fused-ring (bicyclic) bond motifs is 2. The number of rotatable bonds is 4. The molecule has 4 amide bonds. The molecule has 1 saturated heterocycles. The van der Waals surface area contributed by atoms with Gasteiger partial charge >= 0.3 is 6.03 Å². The maximum atomic E-state index is 13.2. The predicted octanol–water partition coefficient (Wildman–Crippen LogP) is 2.74. The average molecular weight is 398 g/mol. The van der Waals surface area contributed by atoms with Crippen molar-refractivity contribution in [1.29, 1.82) is 0 Å². The zero-order chi connectivity index (χ0) is 19.7. The van der Waals surface area contributed by atoms with Crippen molar-refractivity contribution in [3.05, 3.63) is 70.2 Å². The second-order valence-corrected chi connectivity index (χ2v) is 7.58. The Morgan fingerprint density at radius 2 is 2.00 bits per heavy atom. The highest BCUT2D eigenvalue weighted by Crippen LogP contribution is 2.39. The van der Waals surface area contributed by atoms with Gasteiger partial charge in [0.15, 0.2) is 0 Å². The van der Waals surface area contributed by atoms with Crippen LogP contribution in [-0.2, 0) is 28.1 Å². The number of hydrogen-bond acceptors (Lipinski definition) is 3. The summed E-state index contributed by atoms with van der Waals surface area (Å²) >= 11 is 5.94. The lowest BCUT2D eigenvalue weighted by atomic mass is 9.76. The smallest absolute Gasteiger partial charge is 0.325 e. The van der Waals surface area contributed by atoms with E-state index in [0.717, 1.165) is 34.4 Å². The van der Waals surface area contributed by atoms with E-state index >= 15 is 0 Å². The van der Waals surface area contributed by atoms with E-state index in [-0.39, 0.29) is 19.0 Å². The molecule has 4 rings (SSSR count). The van der Waals surface area contributed by atoms with Crippen molar-refractivity contribution in [3.63, 3.8) is 0 Å². The van der Waals surface area contributed by atoms with Crippen LogP contribution in [0.1, 0.15) is 29.5 Å². The molecule has 0 aromatic heterocycles. The van der Waals surface area contributed by atoms with Crippen LogP contribution in [0.5, 0.6) is 0 Å². The first-order valence-corrected chi connectivity index (χ1v) is 9.61. The van der Waals surface area contributed by atoms with Gasteiger partial charge < -0.3 is 10.6 Å². The molecule has 1 heterocycles. The van der Waals surface area contributed by atoms with Crippen LogP contribution in [0.25, 0.3) is 0 Å². The Morgan fingerprint density at radius 1 is 1.18 bits per heavy atom. The summed E-state index contributed by atoms with van der Waals surface area (Å²) in [7, 11) is 0. The second kappa shape index (κ2) is 7.28. The van der Waals surface area contributed by atoms with E-state index in [1.165, 1.54) is 0 Å². The van der Waals surface area contributed by atoms with Crippen molar-refractivity contribution in [1.82, 2.24) is 15.5 Å². The Labute approximate surface area is 167 Å². The van der Waals surface area contributed by atoms with Gasteiger partial charge in [0.1, 0.15) is 12.1 Å². The van der Waals surface area contributed by atoms with Crippen molar-refractivity contribution in [3.8, 4) is 0 Å². The summed E-state index contributed by atoms with van der Waals surface area (Å²) in [6.45, 7) is -0.0355. The maximum absolute atomic E-state index is 13.2. The summed E-state index contributed by atoms with van der Waals surface area (Å²) in [5.74, 6) is -0.757. The summed E-state index contributed by atoms with van der Waals surface area (Å²) in [6.07, 6.45) is 2.22. The fourth-order valence-corrected chi connectivity index (χ4v) is 4.21. The van der Waals surface area contributed by atoms with Gasteiger partial charge in [0.2, 0.25) is 5.91 Å². The van der Waals surface area contributed by atoms with E-state index < -0.39 is 17.5 Å². The molecular weight excluding hydrogens is 378 g/mol.